The van der Waals surface area contributed by atoms with E-state index in [0.717, 1.165) is 7.11 Å². The van der Waals surface area contributed by atoms with Crippen LogP contribution in [0.5, 0.6) is 0 Å². The van der Waals surface area contributed by atoms with Crippen molar-refractivity contribution in [2.45, 2.75) is 0 Å². The van der Waals surface area contributed by atoms with Gasteiger partial charge in [-0.25, -0.2) is 0 Å². The van der Waals surface area contributed by atoms with Crippen LogP contribution in [-0.2, 0) is 4.74 Å². The summed E-state index contributed by atoms with van der Waals surface area (Å²) in [5.74, 6) is 0. The summed E-state index contributed by atoms with van der Waals surface area (Å²) in [6.45, 7) is 0. The lowest BCUT2D eigenvalue weighted by atomic mass is 11.5. The average Bonchev–Trinajstić information content (AvgIpc) is 1.30. The maximum absolute atomic E-state index is 11.0. The highest BCUT2D eigenvalue weighted by atomic mass is 35.5. The number of ether oxygens (including phenoxy) is 1. The molecule has 0 saturated heterocycles. The molecular weight excluding hydrogens is 163 g/mol. The predicted molar refractivity (Wildman–Crippen MR) is 22.1 cm³/mol. The highest BCUT2D eigenvalue weighted by molar-refractivity contribution is 7.60. The van der Waals surface area contributed by atoms with E-state index in [1.807, 2.05) is 0 Å². The molecule has 0 aromatic heterocycles. The Balaban J connectivity index is 0. The topological polar surface area (TPSA) is 9.23 Å². The fourth-order valence-corrected chi connectivity index (χ4v) is 0.439. The molecule has 0 N–H and O–H groups in total. The van der Waals surface area contributed by atoms with Gasteiger partial charge in [0.1, 0.15) is 0 Å². The Morgan fingerprint density at radius 3 is 1.75 bits per heavy atom. The summed E-state index contributed by atoms with van der Waals surface area (Å²) in [6, 6.07) is 0. The number of methoxy groups -OCH3 is 1. The van der Waals surface area contributed by atoms with Crippen molar-refractivity contribution in [2.75, 3.05) is 13.5 Å². The van der Waals surface area contributed by atoms with E-state index in [4.69, 9.17) is 0 Å². The molecule has 0 amide bonds. The van der Waals surface area contributed by atoms with Gasteiger partial charge in [-0.2, -0.15) is 0 Å². The second kappa shape index (κ2) is 4.36. The third-order valence-electron chi connectivity index (χ3n) is 0.275. The van der Waals surface area contributed by atoms with E-state index in [1.54, 1.807) is 0 Å². The van der Waals surface area contributed by atoms with Crippen molar-refractivity contribution in [3.8, 4) is 0 Å². The number of hydrogen-bond donors (Lipinski definition) is 0. The van der Waals surface area contributed by atoms with E-state index in [1.165, 1.54) is 0 Å². The van der Waals surface area contributed by atoms with Gasteiger partial charge in [0, 0.05) is 19.7 Å². The Labute approximate surface area is 52.3 Å². The molecular formula is C2H5ClF3OP. The minimum atomic E-state index is -5.14. The summed E-state index contributed by atoms with van der Waals surface area (Å²) in [5.41, 5.74) is 0. The summed E-state index contributed by atoms with van der Waals surface area (Å²) in [7, 11) is -4.10. The lowest BCUT2D eigenvalue weighted by molar-refractivity contribution is -0.00000455. The maximum atomic E-state index is 11.0. The largest absolute Gasteiger partial charge is 1.00 e. The Morgan fingerprint density at radius 1 is 1.38 bits per heavy atom. The SMILES string of the molecule is COC[P+](F)(F)F.[Cl-]. The van der Waals surface area contributed by atoms with Crippen molar-refractivity contribution in [2.24, 2.45) is 0 Å². The van der Waals surface area contributed by atoms with Crippen molar-refractivity contribution in [3.63, 3.8) is 0 Å². The molecule has 0 bridgehead atoms. The van der Waals surface area contributed by atoms with Gasteiger partial charge in [0.2, 0.25) is 0 Å². The van der Waals surface area contributed by atoms with Crippen LogP contribution in [-0.4, -0.2) is 13.5 Å². The van der Waals surface area contributed by atoms with Crippen LogP contribution >= 0.6 is 8.19 Å². The maximum Gasteiger partial charge on any atom is 0.594 e. The number of halogens is 4. The van der Waals surface area contributed by atoms with E-state index in [2.05, 4.69) is 4.74 Å². The predicted octanol–water partition coefficient (Wildman–Crippen LogP) is -0.735. The van der Waals surface area contributed by atoms with Gasteiger partial charge in [-0.05, 0) is 0 Å². The zero-order chi connectivity index (χ0) is 5.91. The van der Waals surface area contributed by atoms with Crippen LogP contribution in [0.15, 0.2) is 0 Å². The molecule has 52 valence electrons. The minimum Gasteiger partial charge on any atom is -1.00 e. The normalized spacial score (nSPS) is 10.5. The van der Waals surface area contributed by atoms with Gasteiger partial charge in [0.25, 0.3) is 6.35 Å². The Bertz CT molecular complexity index is 55.7. The van der Waals surface area contributed by atoms with E-state index in [0.29, 0.717) is 0 Å². The fourth-order valence-electron chi connectivity index (χ4n) is 0.146. The Morgan fingerprint density at radius 2 is 1.75 bits per heavy atom. The van der Waals surface area contributed by atoms with Crippen molar-refractivity contribution in [3.05, 3.63) is 0 Å². The molecule has 0 unspecified atom stereocenters. The van der Waals surface area contributed by atoms with Crippen LogP contribution in [0.4, 0.5) is 12.6 Å². The molecule has 0 saturated carbocycles. The Kier molecular flexibility index (Phi) is 6.15. The van der Waals surface area contributed by atoms with Gasteiger partial charge in [-0.15, -0.1) is 0 Å². The van der Waals surface area contributed by atoms with E-state index in [-0.39, 0.29) is 12.4 Å². The summed E-state index contributed by atoms with van der Waals surface area (Å²) in [5, 5.41) is 0. The molecule has 0 rings (SSSR count). The van der Waals surface area contributed by atoms with Gasteiger partial charge < -0.3 is 17.1 Å². The zero-order valence-corrected chi connectivity index (χ0v) is 5.72. The lowest BCUT2D eigenvalue weighted by Crippen LogP contribution is -3.00. The van der Waals surface area contributed by atoms with Crippen molar-refractivity contribution in [1.82, 2.24) is 0 Å². The summed E-state index contributed by atoms with van der Waals surface area (Å²) >= 11 is 0. The van der Waals surface area contributed by atoms with Crippen LogP contribution in [0.2, 0.25) is 0 Å². The lowest BCUT2D eigenvalue weighted by Gasteiger charge is -1.87. The van der Waals surface area contributed by atoms with E-state index in [9.17, 15) is 12.6 Å². The molecule has 8 heavy (non-hydrogen) atoms. The number of hydrogen-bond acceptors (Lipinski definition) is 1. The van der Waals surface area contributed by atoms with Gasteiger partial charge in [0.15, 0.2) is 0 Å². The van der Waals surface area contributed by atoms with Crippen LogP contribution in [0.25, 0.3) is 0 Å². The van der Waals surface area contributed by atoms with Crippen LogP contribution in [0.3, 0.4) is 0 Å². The first-order chi connectivity index (χ1) is 3.06. The highest BCUT2D eigenvalue weighted by Gasteiger charge is 2.42. The summed E-state index contributed by atoms with van der Waals surface area (Å²) < 4.78 is 37.0. The summed E-state index contributed by atoms with van der Waals surface area (Å²) in [4.78, 5) is 0. The smallest absolute Gasteiger partial charge is 0.594 e. The molecule has 0 aliphatic rings. The first kappa shape index (κ1) is 11.3. The Hall–Kier alpha value is 0.470. The van der Waals surface area contributed by atoms with E-state index >= 15 is 0 Å². The molecule has 0 fully saturated rings. The molecule has 0 atom stereocenters. The molecule has 0 aromatic rings. The van der Waals surface area contributed by atoms with Crippen molar-refractivity contribution < 1.29 is 29.7 Å². The van der Waals surface area contributed by atoms with Crippen molar-refractivity contribution in [1.29, 1.82) is 0 Å². The third kappa shape index (κ3) is 9.69. The second-order valence-corrected chi connectivity index (χ2v) is 2.33. The van der Waals surface area contributed by atoms with E-state index < -0.39 is 14.5 Å². The molecule has 1 nitrogen and oxygen atoms in total. The zero-order valence-electron chi connectivity index (χ0n) is 4.07. The highest BCUT2D eigenvalue weighted by Crippen LogP contribution is 2.63. The molecule has 6 heteroatoms. The van der Waals surface area contributed by atoms with Crippen LogP contribution in [0, 0.1) is 0 Å². The standard InChI is InChI=1S/C2H5F3OP.ClH/c1-6-2-7(3,4)5;/h2H2,1H3;1H/q+1;/p-1. The monoisotopic (exact) mass is 168 g/mol. The number of rotatable bonds is 2. The molecule has 0 aliphatic carbocycles. The fraction of sp³-hybridized carbons (Fsp3) is 1.00. The molecule has 0 spiro atoms. The molecule has 0 heterocycles. The molecule has 0 aromatic carbocycles. The van der Waals surface area contributed by atoms with Crippen LogP contribution < -0.4 is 12.4 Å². The van der Waals surface area contributed by atoms with Crippen molar-refractivity contribution >= 4 is 8.19 Å². The van der Waals surface area contributed by atoms with Crippen LogP contribution in [0.1, 0.15) is 0 Å². The third-order valence-corrected chi connectivity index (χ3v) is 0.826. The van der Waals surface area contributed by atoms with Gasteiger partial charge in [0.05, 0.1) is 0 Å². The quantitative estimate of drug-likeness (QED) is 0.494. The first-order valence-electron chi connectivity index (χ1n) is 1.52. The first-order valence-corrected chi connectivity index (χ1v) is 3.17. The summed E-state index contributed by atoms with van der Waals surface area (Å²) in [6.07, 6.45) is -1.05. The minimum absolute atomic E-state index is 0. The second-order valence-electron chi connectivity index (χ2n) is 0.968. The molecule has 0 aliphatic heterocycles. The molecule has 0 radical (unpaired) electrons. The van der Waals surface area contributed by atoms with Gasteiger partial charge >= 0.3 is 8.19 Å². The average molecular weight is 168 g/mol. The van der Waals surface area contributed by atoms with Gasteiger partial charge in [-0.1, -0.05) is 0 Å². The van der Waals surface area contributed by atoms with Gasteiger partial charge in [-0.3, -0.25) is 0 Å².